The molecule has 9 heteroatoms. The molecule has 0 saturated carbocycles. The zero-order chi connectivity index (χ0) is 17.0. The van der Waals surface area contributed by atoms with Crippen LogP contribution in [0, 0.1) is 0 Å². The van der Waals surface area contributed by atoms with Crippen LogP contribution >= 0.6 is 47.0 Å². The molecule has 126 valence electrons. The Labute approximate surface area is 167 Å². The van der Waals surface area contributed by atoms with Gasteiger partial charge in [-0.05, 0) is 0 Å². The molecule has 25 heavy (non-hydrogen) atoms. The topological polar surface area (TPSA) is 44.2 Å². The van der Waals surface area contributed by atoms with Gasteiger partial charge in [-0.15, -0.1) is 0 Å². The van der Waals surface area contributed by atoms with E-state index in [1.165, 1.54) is 28.1 Å². The molecular weight excluding hydrogens is 459 g/mol. The quantitative estimate of drug-likeness (QED) is 0.490. The van der Waals surface area contributed by atoms with E-state index in [0.717, 1.165) is 22.5 Å². The Morgan fingerprint density at radius 3 is 1.48 bits per heavy atom. The Bertz CT molecular complexity index is 973. The summed E-state index contributed by atoms with van der Waals surface area (Å²) in [7, 11) is 3.35. The van der Waals surface area contributed by atoms with Crippen LogP contribution in [-0.4, -0.2) is 37.1 Å². The van der Waals surface area contributed by atoms with Gasteiger partial charge < -0.3 is 0 Å². The number of thioether (sulfide) groups is 4. The third-order valence-corrected chi connectivity index (χ3v) is 10.5. The number of rotatable bonds is 2. The molecule has 0 spiro atoms. The van der Waals surface area contributed by atoms with E-state index < -0.39 is 0 Å². The molecule has 1 aromatic heterocycles. The van der Waals surface area contributed by atoms with Crippen molar-refractivity contribution in [3.8, 4) is 11.5 Å². The summed E-state index contributed by atoms with van der Waals surface area (Å²) in [5.74, 6) is 1.55. The van der Waals surface area contributed by atoms with E-state index in [2.05, 4.69) is 32.2 Å². The summed E-state index contributed by atoms with van der Waals surface area (Å²) in [6.07, 6.45) is 0. The van der Waals surface area contributed by atoms with Crippen molar-refractivity contribution in [2.24, 2.45) is 0 Å². The van der Waals surface area contributed by atoms with E-state index in [9.17, 15) is 0 Å². The van der Waals surface area contributed by atoms with Crippen molar-refractivity contribution in [2.75, 3.05) is 14.2 Å². The zero-order valence-electron chi connectivity index (χ0n) is 13.1. The third-order valence-electron chi connectivity index (χ3n) is 3.75. The predicted molar refractivity (Wildman–Crippen MR) is 106 cm³/mol. The van der Waals surface area contributed by atoms with Gasteiger partial charge in [0.25, 0.3) is 0 Å². The van der Waals surface area contributed by atoms with Gasteiger partial charge in [0.05, 0.1) is 14.2 Å². The maximum atomic E-state index is 5.42. The molecule has 5 rings (SSSR count). The van der Waals surface area contributed by atoms with E-state index in [-0.39, 0.29) is 15.0 Å². The molecule has 2 aliphatic rings. The van der Waals surface area contributed by atoms with Crippen LogP contribution in [0.4, 0.5) is 0 Å². The second kappa shape index (κ2) is 6.48. The number of fused-ring (bicyclic) bond motifs is 3. The van der Waals surface area contributed by atoms with Crippen LogP contribution in [0.5, 0.6) is 11.5 Å². The Hall–Kier alpha value is -0.701. The molecular formula is C16H10N2O2S4Se. The van der Waals surface area contributed by atoms with Crippen molar-refractivity contribution < 1.29 is 9.47 Å². The Morgan fingerprint density at radius 1 is 0.680 bits per heavy atom. The van der Waals surface area contributed by atoms with Gasteiger partial charge in [-0.1, -0.05) is 0 Å². The van der Waals surface area contributed by atoms with Crippen LogP contribution < -0.4 is 9.47 Å². The fourth-order valence-electron chi connectivity index (χ4n) is 2.56. The van der Waals surface area contributed by atoms with E-state index >= 15 is 0 Å². The van der Waals surface area contributed by atoms with Crippen LogP contribution in [0.3, 0.4) is 0 Å². The normalized spacial score (nSPS) is 15.6. The van der Waals surface area contributed by atoms with Gasteiger partial charge in [0.15, 0.2) is 0 Å². The van der Waals surface area contributed by atoms with Gasteiger partial charge in [0, 0.05) is 0 Å². The van der Waals surface area contributed by atoms with Crippen molar-refractivity contribution in [3.63, 3.8) is 0 Å². The Kier molecular flexibility index (Phi) is 4.27. The minimum atomic E-state index is 0.0327. The second-order valence-corrected chi connectivity index (χ2v) is 11.0. The second-order valence-electron chi connectivity index (χ2n) is 5.19. The monoisotopic (exact) mass is 470 g/mol. The number of aromatic nitrogens is 2. The van der Waals surface area contributed by atoms with Crippen LogP contribution in [0.2, 0.25) is 0 Å². The molecule has 0 N–H and O–H groups in total. The fraction of sp³-hybridized carbons (Fsp3) is 0.125. The summed E-state index contributed by atoms with van der Waals surface area (Å²) in [4.78, 5) is 5.01. The molecule has 4 nitrogen and oxygen atoms in total. The van der Waals surface area contributed by atoms with Crippen LogP contribution in [0.25, 0.3) is 11.0 Å². The molecule has 2 aromatic carbocycles. The number of hydrogen-bond donors (Lipinski definition) is 0. The summed E-state index contributed by atoms with van der Waals surface area (Å²) >= 11 is 7.30. The average Bonchev–Trinajstić information content (AvgIpc) is 3.34. The zero-order valence-corrected chi connectivity index (χ0v) is 18.0. The predicted octanol–water partition coefficient (Wildman–Crippen LogP) is 4.93. The SMILES string of the molecule is COc1cc2c(cc1OC)SC(=C1Sc3cc4n[se]nc4cc3S1)S2. The molecule has 0 radical (unpaired) electrons. The van der Waals surface area contributed by atoms with Crippen molar-refractivity contribution in [2.45, 2.75) is 19.6 Å². The molecule has 0 fully saturated rings. The van der Waals surface area contributed by atoms with Crippen molar-refractivity contribution in [1.29, 1.82) is 0 Å². The minimum absolute atomic E-state index is 0.0327. The first kappa shape index (κ1) is 16.5. The van der Waals surface area contributed by atoms with Gasteiger partial charge in [0.2, 0.25) is 0 Å². The van der Waals surface area contributed by atoms with Crippen LogP contribution in [-0.2, 0) is 0 Å². The Balaban J connectivity index is 1.49. The van der Waals surface area contributed by atoms with Gasteiger partial charge in [-0.2, -0.15) is 0 Å². The molecule has 3 aromatic rings. The van der Waals surface area contributed by atoms with Crippen molar-refractivity contribution >= 4 is 73.0 Å². The van der Waals surface area contributed by atoms with E-state index in [0.29, 0.717) is 0 Å². The average molecular weight is 469 g/mol. The summed E-state index contributed by atoms with van der Waals surface area (Å²) < 4.78 is 22.5. The third kappa shape index (κ3) is 2.81. The van der Waals surface area contributed by atoms with Gasteiger partial charge >= 0.3 is 154 Å². The van der Waals surface area contributed by atoms with Crippen molar-refractivity contribution in [3.05, 3.63) is 32.7 Å². The molecule has 2 aliphatic heterocycles. The van der Waals surface area contributed by atoms with E-state index in [1.807, 2.05) is 23.5 Å². The standard InChI is InChI=1S/C16H10N2O2S4Se/c1-19-9-5-13-14(6-10(9)20-2)24-16(23-13)15-21-11-3-7-8(18-25-17-7)4-12(11)22-15/h3-6H,1-2H3. The van der Waals surface area contributed by atoms with Crippen LogP contribution in [0.15, 0.2) is 52.3 Å². The number of methoxy groups -OCH3 is 2. The summed E-state index contributed by atoms with van der Waals surface area (Å²) in [6, 6.07) is 8.48. The molecule has 0 aliphatic carbocycles. The van der Waals surface area contributed by atoms with Crippen LogP contribution in [0.1, 0.15) is 0 Å². The summed E-state index contributed by atoms with van der Waals surface area (Å²) in [6.45, 7) is 0. The summed E-state index contributed by atoms with van der Waals surface area (Å²) in [5, 5.41) is 0. The first-order chi connectivity index (χ1) is 12.2. The molecule has 0 saturated heterocycles. The molecule has 0 bridgehead atoms. The van der Waals surface area contributed by atoms with Gasteiger partial charge in [-0.25, -0.2) is 0 Å². The number of ether oxygens (including phenoxy) is 2. The molecule has 0 amide bonds. The van der Waals surface area contributed by atoms with Crippen molar-refractivity contribution in [1.82, 2.24) is 7.96 Å². The van der Waals surface area contributed by atoms with Gasteiger partial charge in [-0.3, -0.25) is 0 Å². The number of benzene rings is 2. The van der Waals surface area contributed by atoms with E-state index in [1.54, 1.807) is 37.7 Å². The molecule has 3 heterocycles. The van der Waals surface area contributed by atoms with E-state index in [4.69, 9.17) is 9.47 Å². The first-order valence-electron chi connectivity index (χ1n) is 7.23. The van der Waals surface area contributed by atoms with Gasteiger partial charge in [0.1, 0.15) is 0 Å². The number of nitrogens with zero attached hydrogens (tertiary/aromatic N) is 2. The summed E-state index contributed by atoms with van der Waals surface area (Å²) in [5.41, 5.74) is 2.09. The molecule has 0 unspecified atom stereocenters. The first-order valence-corrected chi connectivity index (χ1v) is 12.0. The Morgan fingerprint density at radius 2 is 1.08 bits per heavy atom. The fourth-order valence-corrected chi connectivity index (χ4v) is 8.98. The molecule has 0 atom stereocenters. The maximum absolute atomic E-state index is 5.42. The number of hydrogen-bond acceptors (Lipinski definition) is 8.